The number of rotatable bonds is 4. The van der Waals surface area contributed by atoms with Crippen molar-refractivity contribution in [2.45, 2.75) is 49.6 Å². The number of hydrazine groups is 1. The summed E-state index contributed by atoms with van der Waals surface area (Å²) in [6, 6.07) is 10.4. The van der Waals surface area contributed by atoms with Crippen molar-refractivity contribution >= 4 is 5.91 Å². The van der Waals surface area contributed by atoms with Crippen LogP contribution in [-0.2, 0) is 14.4 Å². The minimum Gasteiger partial charge on any atom is -0.365 e. The van der Waals surface area contributed by atoms with Crippen molar-refractivity contribution in [2.24, 2.45) is 0 Å². The van der Waals surface area contributed by atoms with E-state index in [0.717, 1.165) is 25.9 Å². The number of amides is 1. The van der Waals surface area contributed by atoms with Gasteiger partial charge in [-0.3, -0.25) is 9.63 Å². The molecule has 3 heterocycles. The molecule has 1 aromatic carbocycles. The summed E-state index contributed by atoms with van der Waals surface area (Å²) >= 11 is 0. The molecule has 26 heavy (non-hydrogen) atoms. The van der Waals surface area contributed by atoms with Gasteiger partial charge in [0.1, 0.15) is 12.3 Å². The Morgan fingerprint density at radius 3 is 2.69 bits per heavy atom. The van der Waals surface area contributed by atoms with E-state index in [1.54, 1.807) is 7.11 Å². The standard InChI is InChI=1S/C19H28N4O3/c1-22-18(25-2)9-8-15(20-22)17-10-16(21-26-17)19(24)23-11-14(12-23)13-6-4-3-5-7-13/h3-7,14-18,20-21H,8-12H2,1-2H3. The van der Waals surface area contributed by atoms with Gasteiger partial charge in [-0.2, -0.15) is 5.48 Å². The van der Waals surface area contributed by atoms with Crippen LogP contribution in [0.25, 0.3) is 0 Å². The van der Waals surface area contributed by atoms with Gasteiger partial charge in [-0.15, -0.1) is 0 Å². The molecule has 0 radical (unpaired) electrons. The first-order chi connectivity index (χ1) is 12.7. The number of carbonyl (C=O) groups is 1. The van der Waals surface area contributed by atoms with Crippen LogP contribution < -0.4 is 10.9 Å². The summed E-state index contributed by atoms with van der Waals surface area (Å²) in [5.41, 5.74) is 7.70. The van der Waals surface area contributed by atoms with E-state index < -0.39 is 0 Å². The third-order valence-corrected chi connectivity index (χ3v) is 5.84. The van der Waals surface area contributed by atoms with Crippen LogP contribution in [0.3, 0.4) is 0 Å². The summed E-state index contributed by atoms with van der Waals surface area (Å²) in [5, 5.41) is 1.99. The number of nitrogens with one attached hydrogen (secondary N) is 2. The molecule has 0 bridgehead atoms. The van der Waals surface area contributed by atoms with Crippen molar-refractivity contribution in [2.75, 3.05) is 27.2 Å². The van der Waals surface area contributed by atoms with E-state index in [9.17, 15) is 4.79 Å². The van der Waals surface area contributed by atoms with Crippen LogP contribution in [0, 0.1) is 0 Å². The van der Waals surface area contributed by atoms with Crippen LogP contribution in [0.5, 0.6) is 0 Å². The largest absolute Gasteiger partial charge is 0.365 e. The normalized spacial score (nSPS) is 33.2. The minimum absolute atomic E-state index is 0.00426. The number of methoxy groups -OCH3 is 1. The zero-order valence-electron chi connectivity index (χ0n) is 15.4. The highest BCUT2D eigenvalue weighted by Gasteiger charge is 2.42. The summed E-state index contributed by atoms with van der Waals surface area (Å²) in [7, 11) is 3.70. The van der Waals surface area contributed by atoms with Gasteiger partial charge in [0.25, 0.3) is 0 Å². The summed E-state index contributed by atoms with van der Waals surface area (Å²) in [6.45, 7) is 1.59. The topological polar surface area (TPSA) is 66.1 Å². The number of hydrogen-bond donors (Lipinski definition) is 2. The third-order valence-electron chi connectivity index (χ3n) is 5.84. The van der Waals surface area contributed by atoms with Gasteiger partial charge < -0.3 is 9.64 Å². The van der Waals surface area contributed by atoms with Crippen LogP contribution in [-0.4, -0.2) is 67.5 Å². The molecule has 7 nitrogen and oxygen atoms in total. The van der Waals surface area contributed by atoms with E-state index in [1.807, 2.05) is 23.0 Å². The van der Waals surface area contributed by atoms with E-state index in [2.05, 4.69) is 35.2 Å². The van der Waals surface area contributed by atoms with Crippen LogP contribution in [0.4, 0.5) is 0 Å². The van der Waals surface area contributed by atoms with Gasteiger partial charge in [-0.25, -0.2) is 10.4 Å². The van der Waals surface area contributed by atoms with Gasteiger partial charge in [-0.1, -0.05) is 30.3 Å². The molecule has 7 heteroatoms. The lowest BCUT2D eigenvalue weighted by molar-refractivity contribution is -0.139. The van der Waals surface area contributed by atoms with Crippen molar-refractivity contribution in [3.05, 3.63) is 35.9 Å². The fourth-order valence-electron chi connectivity index (χ4n) is 4.18. The summed E-state index contributed by atoms with van der Waals surface area (Å²) in [4.78, 5) is 20.4. The van der Waals surface area contributed by atoms with Gasteiger partial charge in [0.05, 0.1) is 12.1 Å². The second-order valence-electron chi connectivity index (χ2n) is 7.53. The predicted molar refractivity (Wildman–Crippen MR) is 96.9 cm³/mol. The fraction of sp³-hybridized carbons (Fsp3) is 0.632. The zero-order valence-corrected chi connectivity index (χ0v) is 15.4. The van der Waals surface area contributed by atoms with Crippen molar-refractivity contribution in [3.63, 3.8) is 0 Å². The van der Waals surface area contributed by atoms with Gasteiger partial charge in [0.2, 0.25) is 5.91 Å². The molecule has 0 aromatic heterocycles. The van der Waals surface area contributed by atoms with E-state index in [-0.39, 0.29) is 30.3 Å². The highest BCUT2D eigenvalue weighted by molar-refractivity contribution is 5.83. The molecule has 4 rings (SSSR count). The second-order valence-corrected chi connectivity index (χ2v) is 7.53. The third kappa shape index (κ3) is 3.50. The Hall–Kier alpha value is -1.51. The smallest absolute Gasteiger partial charge is 0.242 e. The van der Waals surface area contributed by atoms with Gasteiger partial charge in [-0.05, 0) is 18.4 Å². The second kappa shape index (κ2) is 7.62. The number of hydrogen-bond acceptors (Lipinski definition) is 6. The molecule has 142 valence electrons. The van der Waals surface area contributed by atoms with Gasteiger partial charge >= 0.3 is 0 Å². The lowest BCUT2D eigenvalue weighted by atomic mass is 9.90. The molecule has 3 aliphatic rings. The number of carbonyl (C=O) groups excluding carboxylic acids is 1. The van der Waals surface area contributed by atoms with E-state index >= 15 is 0 Å². The summed E-state index contributed by atoms with van der Waals surface area (Å²) in [6.07, 6.45) is 2.71. The van der Waals surface area contributed by atoms with Crippen molar-refractivity contribution in [1.29, 1.82) is 0 Å². The molecule has 3 aliphatic heterocycles. The Morgan fingerprint density at radius 2 is 2.00 bits per heavy atom. The maximum absolute atomic E-state index is 12.7. The Bertz CT molecular complexity index is 622. The van der Waals surface area contributed by atoms with Crippen LogP contribution >= 0.6 is 0 Å². The highest BCUT2D eigenvalue weighted by atomic mass is 16.7. The molecule has 1 aromatic rings. The monoisotopic (exact) mass is 360 g/mol. The molecular formula is C19H28N4O3. The molecule has 2 N–H and O–H groups in total. The Kier molecular flexibility index (Phi) is 5.24. The number of benzene rings is 1. The molecule has 0 spiro atoms. The number of nitrogens with zero attached hydrogens (tertiary/aromatic N) is 2. The van der Waals surface area contributed by atoms with E-state index in [0.29, 0.717) is 12.3 Å². The van der Waals surface area contributed by atoms with Crippen LogP contribution in [0.15, 0.2) is 30.3 Å². The molecule has 0 aliphatic carbocycles. The first-order valence-corrected chi connectivity index (χ1v) is 9.42. The predicted octanol–water partition coefficient (Wildman–Crippen LogP) is 0.846. The molecule has 4 unspecified atom stereocenters. The SMILES string of the molecule is COC1CCC(C2CC(C(=O)N3CC(c4ccccc4)C3)NO2)NN1C. The first-order valence-electron chi connectivity index (χ1n) is 9.42. The first kappa shape index (κ1) is 17.9. The quantitative estimate of drug-likeness (QED) is 0.830. The number of ether oxygens (including phenoxy) is 1. The molecule has 0 saturated carbocycles. The average Bonchev–Trinajstić information content (AvgIpc) is 3.11. The average molecular weight is 360 g/mol. The lowest BCUT2D eigenvalue weighted by Crippen LogP contribution is -2.57. The fourth-order valence-corrected chi connectivity index (χ4v) is 4.18. The molecular weight excluding hydrogens is 332 g/mol. The van der Waals surface area contributed by atoms with E-state index in [4.69, 9.17) is 9.57 Å². The molecule has 1 amide bonds. The lowest BCUT2D eigenvalue weighted by Gasteiger charge is -2.41. The summed E-state index contributed by atoms with van der Waals surface area (Å²) < 4.78 is 5.42. The minimum atomic E-state index is -0.246. The maximum atomic E-state index is 12.7. The molecule has 3 saturated heterocycles. The van der Waals surface area contributed by atoms with Crippen LogP contribution in [0.2, 0.25) is 0 Å². The number of likely N-dealkylation sites (tertiary alicyclic amines) is 1. The molecule has 4 atom stereocenters. The Labute approximate surface area is 154 Å². The Morgan fingerprint density at radius 1 is 1.23 bits per heavy atom. The molecule has 3 fully saturated rings. The zero-order chi connectivity index (χ0) is 18.1. The van der Waals surface area contributed by atoms with Crippen molar-refractivity contribution in [1.82, 2.24) is 20.8 Å². The highest BCUT2D eigenvalue weighted by Crippen LogP contribution is 2.29. The van der Waals surface area contributed by atoms with E-state index in [1.165, 1.54) is 5.56 Å². The Balaban J connectivity index is 1.26. The summed E-state index contributed by atoms with van der Waals surface area (Å²) in [5.74, 6) is 0.608. The van der Waals surface area contributed by atoms with Crippen molar-refractivity contribution in [3.8, 4) is 0 Å². The van der Waals surface area contributed by atoms with Gasteiger partial charge in [0, 0.05) is 39.6 Å². The van der Waals surface area contributed by atoms with Crippen LogP contribution in [0.1, 0.15) is 30.7 Å². The maximum Gasteiger partial charge on any atom is 0.242 e. The van der Waals surface area contributed by atoms with Gasteiger partial charge in [0.15, 0.2) is 0 Å². The number of hydroxylamine groups is 1. The van der Waals surface area contributed by atoms with Crippen molar-refractivity contribution < 1.29 is 14.4 Å².